The van der Waals surface area contributed by atoms with Crippen molar-refractivity contribution in [2.75, 3.05) is 0 Å². The molecule has 92 valence electrons. The number of sulfonamides is 1. The fourth-order valence-corrected chi connectivity index (χ4v) is 3.20. The van der Waals surface area contributed by atoms with Crippen LogP contribution in [-0.4, -0.2) is 25.5 Å². The second-order valence-electron chi connectivity index (χ2n) is 4.07. The largest absolute Gasteiger partial charge is 0.480 e. The first-order chi connectivity index (χ1) is 8.00. The van der Waals surface area contributed by atoms with Gasteiger partial charge in [-0.25, -0.2) is 13.1 Å². The Bertz CT molecular complexity index is 508. The molecule has 1 aliphatic rings. The Hall–Kier alpha value is -1.40. The number of nitrogens with one attached hydrogen (secondary N) is 1. The zero-order valence-corrected chi connectivity index (χ0v) is 9.85. The highest BCUT2D eigenvalue weighted by atomic mass is 32.2. The van der Waals surface area contributed by atoms with E-state index in [1.165, 1.54) is 12.1 Å². The SMILES string of the molecule is O=C(O)C(c1ccccc1)S(=O)(=O)NC1CC1. The highest BCUT2D eigenvalue weighted by molar-refractivity contribution is 7.90. The standard InChI is InChI=1S/C11H13NO4S/c13-11(14)10(8-4-2-1-3-5-8)17(15,16)12-9-6-7-9/h1-5,9-10,12H,6-7H2,(H,13,14). The molecule has 1 aliphatic carbocycles. The zero-order chi connectivity index (χ0) is 12.5. The Morgan fingerprint density at radius 2 is 1.88 bits per heavy atom. The minimum absolute atomic E-state index is 0.0921. The van der Waals surface area contributed by atoms with Gasteiger partial charge in [0, 0.05) is 6.04 Å². The van der Waals surface area contributed by atoms with Gasteiger partial charge in [0.25, 0.3) is 0 Å². The molecular weight excluding hydrogens is 242 g/mol. The quantitative estimate of drug-likeness (QED) is 0.818. The number of hydrogen-bond acceptors (Lipinski definition) is 3. The molecular formula is C11H13NO4S. The van der Waals surface area contributed by atoms with Gasteiger partial charge in [0.05, 0.1) is 0 Å². The minimum Gasteiger partial charge on any atom is -0.480 e. The van der Waals surface area contributed by atoms with E-state index in [2.05, 4.69) is 4.72 Å². The van der Waals surface area contributed by atoms with E-state index in [1.54, 1.807) is 18.2 Å². The number of carboxylic acid groups (broad SMARTS) is 1. The van der Waals surface area contributed by atoms with Crippen LogP contribution in [0.15, 0.2) is 30.3 Å². The molecule has 5 nitrogen and oxygen atoms in total. The summed E-state index contributed by atoms with van der Waals surface area (Å²) in [6.45, 7) is 0. The van der Waals surface area contributed by atoms with Gasteiger partial charge < -0.3 is 5.11 Å². The maximum atomic E-state index is 11.9. The fourth-order valence-electron chi connectivity index (χ4n) is 1.58. The lowest BCUT2D eigenvalue weighted by Crippen LogP contribution is -2.34. The molecule has 1 aromatic rings. The van der Waals surface area contributed by atoms with E-state index in [-0.39, 0.29) is 11.6 Å². The van der Waals surface area contributed by atoms with Crippen LogP contribution in [0.2, 0.25) is 0 Å². The van der Waals surface area contributed by atoms with Gasteiger partial charge in [-0.3, -0.25) is 4.79 Å². The lowest BCUT2D eigenvalue weighted by Gasteiger charge is -2.14. The summed E-state index contributed by atoms with van der Waals surface area (Å²) in [5.74, 6) is -1.36. The predicted octanol–water partition coefficient (Wildman–Crippen LogP) is 0.894. The maximum absolute atomic E-state index is 11.9. The Morgan fingerprint density at radius 3 is 2.35 bits per heavy atom. The summed E-state index contributed by atoms with van der Waals surface area (Å²) < 4.78 is 26.3. The van der Waals surface area contributed by atoms with Crippen LogP contribution in [0.5, 0.6) is 0 Å². The highest BCUT2D eigenvalue weighted by Gasteiger charge is 2.38. The molecule has 0 aliphatic heterocycles. The second kappa shape index (κ2) is 4.46. The Labute approximate surface area is 99.5 Å². The van der Waals surface area contributed by atoms with Crippen molar-refractivity contribution in [3.8, 4) is 0 Å². The summed E-state index contributed by atoms with van der Waals surface area (Å²) in [5, 5.41) is 7.54. The molecule has 1 unspecified atom stereocenters. The smallest absolute Gasteiger partial charge is 0.327 e. The van der Waals surface area contributed by atoms with E-state index >= 15 is 0 Å². The second-order valence-corrected chi connectivity index (χ2v) is 5.86. The van der Waals surface area contributed by atoms with E-state index in [9.17, 15) is 13.2 Å². The number of rotatable bonds is 5. The van der Waals surface area contributed by atoms with Crippen LogP contribution < -0.4 is 4.72 Å². The molecule has 17 heavy (non-hydrogen) atoms. The number of benzene rings is 1. The third kappa shape index (κ3) is 2.83. The molecule has 0 amide bonds. The van der Waals surface area contributed by atoms with E-state index < -0.39 is 21.2 Å². The van der Waals surface area contributed by atoms with Crippen molar-refractivity contribution in [1.82, 2.24) is 4.72 Å². The lowest BCUT2D eigenvalue weighted by atomic mass is 10.1. The number of hydrogen-bond donors (Lipinski definition) is 2. The van der Waals surface area contributed by atoms with Gasteiger partial charge in [-0.05, 0) is 18.4 Å². The van der Waals surface area contributed by atoms with Crippen LogP contribution in [0.25, 0.3) is 0 Å². The van der Waals surface area contributed by atoms with Gasteiger partial charge in [-0.2, -0.15) is 0 Å². The van der Waals surface area contributed by atoms with Crippen molar-refractivity contribution >= 4 is 16.0 Å². The van der Waals surface area contributed by atoms with Gasteiger partial charge in [0.2, 0.25) is 10.0 Å². The highest BCUT2D eigenvalue weighted by Crippen LogP contribution is 2.26. The maximum Gasteiger partial charge on any atom is 0.327 e. The molecule has 0 radical (unpaired) electrons. The molecule has 0 spiro atoms. The lowest BCUT2D eigenvalue weighted by molar-refractivity contribution is -0.136. The number of carbonyl (C=O) groups is 1. The van der Waals surface area contributed by atoms with E-state index in [0.29, 0.717) is 0 Å². The summed E-state index contributed by atoms with van der Waals surface area (Å²) in [4.78, 5) is 11.1. The van der Waals surface area contributed by atoms with Crippen molar-refractivity contribution in [3.05, 3.63) is 35.9 Å². The molecule has 0 heterocycles. The van der Waals surface area contributed by atoms with Gasteiger partial charge >= 0.3 is 5.97 Å². The normalized spacial score (nSPS) is 17.6. The van der Waals surface area contributed by atoms with Crippen LogP contribution in [-0.2, 0) is 14.8 Å². The van der Waals surface area contributed by atoms with Crippen LogP contribution in [0.4, 0.5) is 0 Å². The van der Waals surface area contributed by atoms with Crippen LogP contribution in [0.1, 0.15) is 23.7 Å². The predicted molar refractivity (Wildman–Crippen MR) is 61.9 cm³/mol. The minimum atomic E-state index is -3.86. The molecule has 0 saturated heterocycles. The van der Waals surface area contributed by atoms with Crippen molar-refractivity contribution < 1.29 is 18.3 Å². The molecule has 1 saturated carbocycles. The molecule has 1 atom stereocenters. The van der Waals surface area contributed by atoms with Crippen LogP contribution >= 0.6 is 0 Å². The average Bonchev–Trinajstić information content (AvgIpc) is 3.01. The molecule has 1 aromatic carbocycles. The van der Waals surface area contributed by atoms with E-state index in [0.717, 1.165) is 12.8 Å². The first kappa shape index (κ1) is 12.1. The Morgan fingerprint density at radius 1 is 1.29 bits per heavy atom. The van der Waals surface area contributed by atoms with Crippen LogP contribution in [0.3, 0.4) is 0 Å². The molecule has 0 bridgehead atoms. The average molecular weight is 255 g/mol. The number of aliphatic carboxylic acids is 1. The Kier molecular flexibility index (Phi) is 3.17. The third-order valence-corrected chi connectivity index (χ3v) is 4.30. The summed E-state index contributed by atoms with van der Waals surface area (Å²) in [6.07, 6.45) is 1.56. The third-order valence-electron chi connectivity index (χ3n) is 2.55. The summed E-state index contributed by atoms with van der Waals surface area (Å²) in [5.41, 5.74) is 0.271. The molecule has 1 fully saturated rings. The van der Waals surface area contributed by atoms with Crippen molar-refractivity contribution in [3.63, 3.8) is 0 Å². The van der Waals surface area contributed by atoms with Gasteiger partial charge in [-0.1, -0.05) is 30.3 Å². The van der Waals surface area contributed by atoms with Gasteiger partial charge in [-0.15, -0.1) is 0 Å². The molecule has 6 heteroatoms. The first-order valence-corrected chi connectivity index (χ1v) is 6.84. The fraction of sp³-hybridized carbons (Fsp3) is 0.364. The van der Waals surface area contributed by atoms with Crippen molar-refractivity contribution in [1.29, 1.82) is 0 Å². The van der Waals surface area contributed by atoms with Crippen molar-refractivity contribution in [2.45, 2.75) is 24.1 Å². The first-order valence-electron chi connectivity index (χ1n) is 5.29. The molecule has 2 N–H and O–H groups in total. The monoisotopic (exact) mass is 255 g/mol. The van der Waals surface area contributed by atoms with E-state index in [4.69, 9.17) is 5.11 Å². The topological polar surface area (TPSA) is 83.5 Å². The van der Waals surface area contributed by atoms with E-state index in [1.807, 2.05) is 0 Å². The van der Waals surface area contributed by atoms with Crippen molar-refractivity contribution in [2.24, 2.45) is 0 Å². The van der Waals surface area contributed by atoms with Crippen LogP contribution in [0, 0.1) is 0 Å². The summed E-state index contributed by atoms with van der Waals surface area (Å²) in [7, 11) is -3.86. The summed E-state index contributed by atoms with van der Waals surface area (Å²) in [6, 6.07) is 7.88. The van der Waals surface area contributed by atoms with Gasteiger partial charge in [0.15, 0.2) is 5.25 Å². The molecule has 2 rings (SSSR count). The summed E-state index contributed by atoms with van der Waals surface area (Å²) >= 11 is 0. The zero-order valence-electron chi connectivity index (χ0n) is 9.04. The number of carboxylic acids is 1. The van der Waals surface area contributed by atoms with Gasteiger partial charge in [0.1, 0.15) is 0 Å². The molecule has 0 aromatic heterocycles. The Balaban J connectivity index is 2.32.